The largest absolute Gasteiger partial charge is 0.487 e. The average molecular weight is 534 g/mol. The molecular formula is C33H37ClFNO2. The molecule has 3 nitrogen and oxygen atoms in total. The molecule has 5 heteroatoms. The van der Waals surface area contributed by atoms with Crippen molar-refractivity contribution in [2.75, 3.05) is 5.32 Å². The van der Waals surface area contributed by atoms with E-state index in [1.54, 1.807) is 24.3 Å². The van der Waals surface area contributed by atoms with Crippen molar-refractivity contribution in [1.29, 1.82) is 0 Å². The molecular weight excluding hydrogens is 497 g/mol. The normalized spacial score (nSPS) is 24.4. The predicted octanol–water partition coefficient (Wildman–Crippen LogP) is 8.90. The number of halogens is 2. The maximum atomic E-state index is 13.8. The molecule has 0 saturated heterocycles. The zero-order chi connectivity index (χ0) is 27.0. The van der Waals surface area contributed by atoms with Crippen molar-refractivity contribution in [3.63, 3.8) is 0 Å². The van der Waals surface area contributed by atoms with Gasteiger partial charge in [0.05, 0.1) is 10.4 Å². The van der Waals surface area contributed by atoms with Gasteiger partial charge in [0.2, 0.25) is 5.91 Å². The van der Waals surface area contributed by atoms with E-state index in [9.17, 15) is 9.18 Å². The molecule has 3 aromatic carbocycles. The zero-order valence-electron chi connectivity index (χ0n) is 22.7. The van der Waals surface area contributed by atoms with Crippen molar-refractivity contribution in [2.24, 2.45) is 17.3 Å². The molecule has 1 saturated carbocycles. The van der Waals surface area contributed by atoms with Crippen LogP contribution in [-0.2, 0) is 17.8 Å². The van der Waals surface area contributed by atoms with E-state index in [1.807, 2.05) is 6.07 Å². The fourth-order valence-electron chi connectivity index (χ4n) is 6.58. The molecule has 0 spiro atoms. The quantitative estimate of drug-likeness (QED) is 0.343. The minimum absolute atomic E-state index is 0.0612. The monoisotopic (exact) mass is 533 g/mol. The average Bonchev–Trinajstić information content (AvgIpc) is 2.89. The molecule has 5 rings (SSSR count). The van der Waals surface area contributed by atoms with Crippen LogP contribution in [0.1, 0.15) is 81.0 Å². The third kappa shape index (κ3) is 5.20. The van der Waals surface area contributed by atoms with Gasteiger partial charge in [0, 0.05) is 5.69 Å². The molecule has 2 aliphatic rings. The summed E-state index contributed by atoms with van der Waals surface area (Å²) in [6.07, 6.45) is 3.96. The Hall–Kier alpha value is -2.85. The van der Waals surface area contributed by atoms with Gasteiger partial charge >= 0.3 is 0 Å². The topological polar surface area (TPSA) is 38.3 Å². The van der Waals surface area contributed by atoms with Crippen LogP contribution in [0.5, 0.6) is 5.75 Å². The molecule has 0 heterocycles. The number of ether oxygens (including phenoxy) is 1. The van der Waals surface area contributed by atoms with E-state index in [4.69, 9.17) is 16.3 Å². The Labute approximate surface area is 230 Å². The molecule has 38 heavy (non-hydrogen) atoms. The fraction of sp³-hybridized carbons (Fsp3) is 0.424. The van der Waals surface area contributed by atoms with E-state index < -0.39 is 5.41 Å². The third-order valence-corrected chi connectivity index (χ3v) is 9.19. The van der Waals surface area contributed by atoms with Gasteiger partial charge in [-0.25, -0.2) is 4.39 Å². The molecule has 1 amide bonds. The maximum absolute atomic E-state index is 13.8. The van der Waals surface area contributed by atoms with Crippen LogP contribution in [0.2, 0.25) is 5.02 Å². The summed E-state index contributed by atoms with van der Waals surface area (Å²) in [6, 6.07) is 18.6. The molecule has 0 bridgehead atoms. The Morgan fingerprint density at radius 2 is 1.95 bits per heavy atom. The number of amides is 1. The number of hydrogen-bond donors (Lipinski definition) is 1. The first-order valence-electron chi connectivity index (χ1n) is 13.8. The molecule has 0 radical (unpaired) electrons. The highest BCUT2D eigenvalue weighted by atomic mass is 35.5. The van der Waals surface area contributed by atoms with Crippen molar-refractivity contribution in [3.05, 3.63) is 93.8 Å². The summed E-state index contributed by atoms with van der Waals surface area (Å²) < 4.78 is 19.3. The van der Waals surface area contributed by atoms with Crippen molar-refractivity contribution in [1.82, 2.24) is 0 Å². The van der Waals surface area contributed by atoms with Gasteiger partial charge in [-0.2, -0.15) is 0 Å². The van der Waals surface area contributed by atoms with Crippen molar-refractivity contribution in [2.45, 2.75) is 71.8 Å². The number of nitrogens with one attached hydrogen (secondary N) is 1. The molecule has 1 fully saturated rings. The number of aryl methyl sites for hydroxylation is 1. The predicted molar refractivity (Wildman–Crippen MR) is 152 cm³/mol. The second kappa shape index (κ2) is 10.7. The second-order valence-corrected chi connectivity index (χ2v) is 12.1. The van der Waals surface area contributed by atoms with E-state index >= 15 is 0 Å². The lowest BCUT2D eigenvalue weighted by Gasteiger charge is -2.51. The summed E-state index contributed by atoms with van der Waals surface area (Å²) in [4.78, 5) is 13.8. The first kappa shape index (κ1) is 26.7. The van der Waals surface area contributed by atoms with E-state index in [0.29, 0.717) is 40.1 Å². The summed E-state index contributed by atoms with van der Waals surface area (Å²) in [5, 5.41) is 3.58. The smallest absolute Gasteiger partial charge is 0.230 e. The van der Waals surface area contributed by atoms with Crippen LogP contribution >= 0.6 is 11.6 Å². The molecule has 0 aromatic heterocycles. The Bertz CT molecular complexity index is 1340. The van der Waals surface area contributed by atoms with E-state index in [-0.39, 0.29) is 18.3 Å². The summed E-state index contributed by atoms with van der Waals surface area (Å²) in [5.41, 5.74) is 5.24. The van der Waals surface area contributed by atoms with Crippen LogP contribution in [0, 0.1) is 23.1 Å². The number of benzene rings is 3. The second-order valence-electron chi connectivity index (χ2n) is 11.7. The van der Waals surface area contributed by atoms with Crippen molar-refractivity contribution < 1.29 is 13.9 Å². The Kier molecular flexibility index (Phi) is 7.55. The maximum Gasteiger partial charge on any atom is 0.230 e. The highest BCUT2D eigenvalue weighted by Crippen LogP contribution is 2.56. The van der Waals surface area contributed by atoms with Crippen LogP contribution in [0.25, 0.3) is 0 Å². The molecule has 200 valence electrons. The van der Waals surface area contributed by atoms with Crippen LogP contribution in [0.3, 0.4) is 0 Å². The van der Waals surface area contributed by atoms with Crippen molar-refractivity contribution in [3.8, 4) is 5.75 Å². The SMILES string of the molecule is CC(C)c1ccc2c(c1)CC[C@@H]1[C@@H]2[C@@H](C)CC[C@@]1(C)C(=O)Nc1ccc(OCc2cccc(F)c2)c(Cl)c1. The van der Waals surface area contributed by atoms with Crippen LogP contribution in [0.4, 0.5) is 10.1 Å². The first-order valence-corrected chi connectivity index (χ1v) is 14.1. The third-order valence-electron chi connectivity index (χ3n) is 8.89. The molecule has 0 aliphatic heterocycles. The lowest BCUT2D eigenvalue weighted by Crippen LogP contribution is -2.48. The van der Waals surface area contributed by atoms with Gasteiger partial charge in [-0.15, -0.1) is 0 Å². The molecule has 2 aliphatic carbocycles. The number of anilines is 1. The van der Waals surface area contributed by atoms with E-state index in [1.165, 1.54) is 28.8 Å². The van der Waals surface area contributed by atoms with Gasteiger partial charge in [-0.05, 0) is 102 Å². The summed E-state index contributed by atoms with van der Waals surface area (Å²) in [5.74, 6) is 2.02. The lowest BCUT2D eigenvalue weighted by molar-refractivity contribution is -0.132. The minimum Gasteiger partial charge on any atom is -0.487 e. The fourth-order valence-corrected chi connectivity index (χ4v) is 6.82. The van der Waals surface area contributed by atoms with Gasteiger partial charge in [-0.3, -0.25) is 4.79 Å². The lowest BCUT2D eigenvalue weighted by atomic mass is 9.53. The Morgan fingerprint density at radius 1 is 1.13 bits per heavy atom. The number of hydrogen-bond acceptors (Lipinski definition) is 2. The van der Waals surface area contributed by atoms with Gasteiger partial charge in [0.25, 0.3) is 0 Å². The standard InChI is InChI=1S/C33H37ClFNO2/c1-20(2)23-8-11-27-24(17-23)9-12-28-31(27)21(3)14-15-33(28,4)32(37)36-26-10-13-30(29(34)18-26)38-19-22-6-5-7-25(35)16-22/h5-8,10-11,13,16-18,20-21,28,31H,9,12,14-15,19H2,1-4H3,(H,36,37)/t21-,28+,31+,33+/m0/s1. The van der Waals surface area contributed by atoms with Crippen LogP contribution in [0.15, 0.2) is 60.7 Å². The van der Waals surface area contributed by atoms with Gasteiger partial charge in [0.1, 0.15) is 18.2 Å². The highest BCUT2D eigenvalue weighted by Gasteiger charge is 2.51. The minimum atomic E-state index is -0.454. The summed E-state index contributed by atoms with van der Waals surface area (Å²) in [7, 11) is 0. The Morgan fingerprint density at radius 3 is 2.68 bits per heavy atom. The van der Waals surface area contributed by atoms with Gasteiger partial charge < -0.3 is 10.1 Å². The number of carbonyl (C=O) groups excluding carboxylic acids is 1. The van der Waals surface area contributed by atoms with Gasteiger partial charge in [-0.1, -0.05) is 69.6 Å². The summed E-state index contributed by atoms with van der Waals surface area (Å²) in [6.45, 7) is 9.20. The summed E-state index contributed by atoms with van der Waals surface area (Å²) >= 11 is 6.50. The highest BCUT2D eigenvalue weighted by molar-refractivity contribution is 6.32. The van der Waals surface area contributed by atoms with Gasteiger partial charge in [0.15, 0.2) is 0 Å². The number of carbonyl (C=O) groups is 1. The molecule has 4 atom stereocenters. The first-order chi connectivity index (χ1) is 18.2. The zero-order valence-corrected chi connectivity index (χ0v) is 23.4. The number of rotatable bonds is 6. The molecule has 3 aromatic rings. The Balaban J connectivity index is 1.31. The van der Waals surface area contributed by atoms with E-state index in [0.717, 1.165) is 31.2 Å². The van der Waals surface area contributed by atoms with Crippen molar-refractivity contribution >= 4 is 23.2 Å². The van der Waals surface area contributed by atoms with Crippen LogP contribution in [-0.4, -0.2) is 5.91 Å². The number of fused-ring (bicyclic) bond motifs is 3. The molecule has 0 unspecified atom stereocenters. The van der Waals surface area contributed by atoms with Crippen LogP contribution < -0.4 is 10.1 Å². The molecule has 1 N–H and O–H groups in total. The van der Waals surface area contributed by atoms with E-state index in [2.05, 4.69) is 51.2 Å².